The van der Waals surface area contributed by atoms with Gasteiger partial charge in [0.05, 0.1) is 14.2 Å². The highest BCUT2D eigenvalue weighted by molar-refractivity contribution is 5.86. The SMILES string of the molecule is COc1ccc(C(=C(C)N)c2nc(C)cc(NCc3cccc4ccccc34)n2)cc1OC. The molecule has 0 aliphatic carbocycles. The van der Waals surface area contributed by atoms with Crippen molar-refractivity contribution in [1.82, 2.24) is 9.97 Å². The van der Waals surface area contributed by atoms with E-state index in [1.54, 1.807) is 14.2 Å². The Balaban J connectivity index is 1.67. The maximum absolute atomic E-state index is 6.30. The van der Waals surface area contributed by atoms with Gasteiger partial charge >= 0.3 is 0 Å². The van der Waals surface area contributed by atoms with Crippen LogP contribution in [-0.2, 0) is 6.54 Å². The van der Waals surface area contributed by atoms with E-state index in [9.17, 15) is 0 Å². The summed E-state index contributed by atoms with van der Waals surface area (Å²) in [6.45, 7) is 4.45. The third-order valence-electron chi connectivity index (χ3n) is 5.48. The lowest BCUT2D eigenvalue weighted by atomic mass is 10.0. The molecule has 1 aromatic heterocycles. The summed E-state index contributed by atoms with van der Waals surface area (Å²) in [4.78, 5) is 9.47. The molecule has 0 unspecified atom stereocenters. The molecule has 6 nitrogen and oxygen atoms in total. The number of fused-ring (bicyclic) bond motifs is 1. The van der Waals surface area contributed by atoms with Gasteiger partial charge in [0, 0.05) is 29.6 Å². The average molecular weight is 441 g/mol. The predicted molar refractivity (Wildman–Crippen MR) is 133 cm³/mol. The molecule has 3 aromatic carbocycles. The molecule has 0 aliphatic rings. The number of allylic oxidation sites excluding steroid dienone is 1. The van der Waals surface area contributed by atoms with Crippen LogP contribution in [0.3, 0.4) is 0 Å². The quantitative estimate of drug-likeness (QED) is 0.405. The first-order valence-corrected chi connectivity index (χ1v) is 10.8. The fourth-order valence-corrected chi connectivity index (χ4v) is 3.93. The second kappa shape index (κ2) is 9.61. The van der Waals surface area contributed by atoms with Crippen LogP contribution in [0, 0.1) is 6.92 Å². The van der Waals surface area contributed by atoms with Gasteiger partial charge in [-0.2, -0.15) is 0 Å². The normalized spacial score (nSPS) is 11.8. The van der Waals surface area contributed by atoms with Gasteiger partial charge in [-0.3, -0.25) is 0 Å². The number of nitrogens with two attached hydrogens (primary N) is 1. The molecule has 0 fully saturated rings. The molecule has 33 heavy (non-hydrogen) atoms. The van der Waals surface area contributed by atoms with Crippen molar-refractivity contribution in [1.29, 1.82) is 0 Å². The first-order valence-electron chi connectivity index (χ1n) is 10.8. The topological polar surface area (TPSA) is 82.3 Å². The van der Waals surface area contributed by atoms with E-state index in [0.717, 1.165) is 22.6 Å². The zero-order valence-corrected chi connectivity index (χ0v) is 19.3. The molecule has 0 spiro atoms. The number of rotatable bonds is 7. The van der Waals surface area contributed by atoms with E-state index in [1.807, 2.05) is 38.1 Å². The van der Waals surface area contributed by atoms with Crippen LogP contribution in [0.4, 0.5) is 5.82 Å². The monoisotopic (exact) mass is 440 g/mol. The van der Waals surface area contributed by atoms with Crippen LogP contribution in [0.5, 0.6) is 11.5 Å². The number of aryl methyl sites for hydroxylation is 1. The van der Waals surface area contributed by atoms with Crippen molar-refractivity contribution in [3.8, 4) is 11.5 Å². The van der Waals surface area contributed by atoms with E-state index in [1.165, 1.54) is 16.3 Å². The number of nitrogens with zero attached hydrogens (tertiary/aromatic N) is 2. The number of anilines is 1. The Kier molecular flexibility index (Phi) is 6.45. The molecule has 0 bridgehead atoms. The molecule has 0 amide bonds. The Bertz CT molecular complexity index is 1320. The summed E-state index contributed by atoms with van der Waals surface area (Å²) < 4.78 is 10.8. The number of hydrogen-bond donors (Lipinski definition) is 2. The standard InChI is InChI=1S/C27H28N4O2/c1-17-14-25(29-16-21-10-7-9-19-8-5-6-11-22(19)21)31-27(30-17)26(18(2)28)20-12-13-23(32-3)24(15-20)33-4/h5-15H,16,28H2,1-4H3,(H,29,30,31). The Hall–Kier alpha value is -4.06. The lowest BCUT2D eigenvalue weighted by Crippen LogP contribution is -2.09. The van der Waals surface area contributed by atoms with Crippen LogP contribution in [-0.4, -0.2) is 24.2 Å². The Morgan fingerprint density at radius 2 is 1.67 bits per heavy atom. The third-order valence-corrected chi connectivity index (χ3v) is 5.48. The van der Waals surface area contributed by atoms with Crippen LogP contribution in [0.15, 0.2) is 72.4 Å². The fourth-order valence-electron chi connectivity index (χ4n) is 3.93. The summed E-state index contributed by atoms with van der Waals surface area (Å²) in [5.74, 6) is 2.57. The zero-order valence-electron chi connectivity index (χ0n) is 19.3. The molecule has 0 atom stereocenters. The fraction of sp³-hybridized carbons (Fsp3) is 0.185. The summed E-state index contributed by atoms with van der Waals surface area (Å²) >= 11 is 0. The molecule has 0 radical (unpaired) electrons. The van der Waals surface area contributed by atoms with Crippen molar-refractivity contribution >= 4 is 22.2 Å². The highest BCUT2D eigenvalue weighted by Gasteiger charge is 2.16. The predicted octanol–water partition coefficient (Wildman–Crippen LogP) is 5.31. The summed E-state index contributed by atoms with van der Waals surface area (Å²) in [5, 5.41) is 5.90. The van der Waals surface area contributed by atoms with Gasteiger partial charge in [-0.05, 0) is 47.9 Å². The maximum Gasteiger partial charge on any atom is 0.164 e. The minimum absolute atomic E-state index is 0.558. The second-order valence-electron chi connectivity index (χ2n) is 7.84. The Morgan fingerprint density at radius 1 is 0.909 bits per heavy atom. The van der Waals surface area contributed by atoms with Crippen molar-refractivity contribution in [3.63, 3.8) is 0 Å². The van der Waals surface area contributed by atoms with Gasteiger partial charge in [-0.15, -0.1) is 0 Å². The highest BCUT2D eigenvalue weighted by Crippen LogP contribution is 2.33. The largest absolute Gasteiger partial charge is 0.493 e. The molecule has 0 saturated heterocycles. The van der Waals surface area contributed by atoms with Crippen LogP contribution in [0.2, 0.25) is 0 Å². The summed E-state index contributed by atoms with van der Waals surface area (Å²) in [6.07, 6.45) is 0. The summed E-state index contributed by atoms with van der Waals surface area (Å²) in [5.41, 5.74) is 10.6. The van der Waals surface area contributed by atoms with Gasteiger partial charge in [0.2, 0.25) is 0 Å². The second-order valence-corrected chi connectivity index (χ2v) is 7.84. The van der Waals surface area contributed by atoms with Crippen LogP contribution in [0.1, 0.15) is 29.6 Å². The van der Waals surface area contributed by atoms with E-state index < -0.39 is 0 Å². The summed E-state index contributed by atoms with van der Waals surface area (Å²) in [7, 11) is 3.22. The van der Waals surface area contributed by atoms with E-state index in [2.05, 4.69) is 52.8 Å². The van der Waals surface area contributed by atoms with E-state index >= 15 is 0 Å². The molecule has 0 saturated carbocycles. The van der Waals surface area contributed by atoms with Crippen molar-refractivity contribution in [2.45, 2.75) is 20.4 Å². The molecule has 3 N–H and O–H groups in total. The molecular weight excluding hydrogens is 412 g/mol. The molecule has 4 aromatic rings. The third kappa shape index (κ3) is 4.75. The Morgan fingerprint density at radius 3 is 2.42 bits per heavy atom. The molecule has 6 heteroatoms. The number of methoxy groups -OCH3 is 2. The van der Waals surface area contributed by atoms with Gasteiger partial charge in [0.1, 0.15) is 5.82 Å². The molecule has 0 aliphatic heterocycles. The van der Waals surface area contributed by atoms with Crippen LogP contribution in [0.25, 0.3) is 16.3 Å². The van der Waals surface area contributed by atoms with E-state index in [-0.39, 0.29) is 0 Å². The zero-order chi connectivity index (χ0) is 23.4. The van der Waals surface area contributed by atoms with Crippen molar-refractivity contribution in [2.75, 3.05) is 19.5 Å². The van der Waals surface area contributed by atoms with Gasteiger partial charge in [-0.25, -0.2) is 9.97 Å². The molecule has 1 heterocycles. The maximum atomic E-state index is 6.30. The number of ether oxygens (including phenoxy) is 2. The molecule has 4 rings (SSSR count). The van der Waals surface area contributed by atoms with Crippen molar-refractivity contribution in [2.24, 2.45) is 5.73 Å². The Labute approximate surface area is 194 Å². The van der Waals surface area contributed by atoms with Gasteiger partial charge < -0.3 is 20.5 Å². The first-order chi connectivity index (χ1) is 16.0. The van der Waals surface area contributed by atoms with Gasteiger partial charge in [0.15, 0.2) is 17.3 Å². The minimum Gasteiger partial charge on any atom is -0.493 e. The number of hydrogen-bond acceptors (Lipinski definition) is 6. The minimum atomic E-state index is 0.558. The van der Waals surface area contributed by atoms with Crippen molar-refractivity contribution < 1.29 is 9.47 Å². The lowest BCUT2D eigenvalue weighted by molar-refractivity contribution is 0.355. The van der Waals surface area contributed by atoms with E-state index in [0.29, 0.717) is 29.6 Å². The van der Waals surface area contributed by atoms with Gasteiger partial charge in [-0.1, -0.05) is 48.5 Å². The van der Waals surface area contributed by atoms with E-state index in [4.69, 9.17) is 20.2 Å². The number of nitrogens with one attached hydrogen (secondary N) is 1. The number of benzene rings is 3. The van der Waals surface area contributed by atoms with Gasteiger partial charge in [0.25, 0.3) is 0 Å². The molecule has 168 valence electrons. The highest BCUT2D eigenvalue weighted by atomic mass is 16.5. The van der Waals surface area contributed by atoms with Crippen LogP contribution >= 0.6 is 0 Å². The average Bonchev–Trinajstić information content (AvgIpc) is 2.82. The first kappa shape index (κ1) is 22.1. The lowest BCUT2D eigenvalue weighted by Gasteiger charge is -2.15. The number of aromatic nitrogens is 2. The molecular formula is C27H28N4O2. The smallest absolute Gasteiger partial charge is 0.164 e. The van der Waals surface area contributed by atoms with Crippen molar-refractivity contribution in [3.05, 3.63) is 95.1 Å². The summed E-state index contributed by atoms with van der Waals surface area (Å²) in [6, 6.07) is 22.3. The van der Waals surface area contributed by atoms with Crippen LogP contribution < -0.4 is 20.5 Å².